The third-order valence-electron chi connectivity index (χ3n) is 5.17. The van der Waals surface area contributed by atoms with Crippen LogP contribution in [-0.4, -0.2) is 24.0 Å². The molecule has 0 saturated heterocycles. The average Bonchev–Trinajstić information content (AvgIpc) is 2.31. The molecule has 0 spiro atoms. The van der Waals surface area contributed by atoms with Crippen LogP contribution < -0.4 is 5.32 Å². The summed E-state index contributed by atoms with van der Waals surface area (Å²) in [6.07, 6.45) is -1.31. The van der Waals surface area contributed by atoms with Crippen molar-refractivity contribution in [3.63, 3.8) is 0 Å². The van der Waals surface area contributed by atoms with E-state index in [4.69, 9.17) is 0 Å². The van der Waals surface area contributed by atoms with E-state index in [1.165, 1.54) is 0 Å². The molecule has 7 heteroatoms. The van der Waals surface area contributed by atoms with E-state index in [9.17, 15) is 26.7 Å². The molecule has 0 radical (unpaired) electrons. The van der Waals surface area contributed by atoms with Gasteiger partial charge in [0, 0.05) is 6.04 Å². The number of hydrogen-bond acceptors (Lipinski definition) is 1. The molecule has 114 valence electrons. The lowest BCUT2D eigenvalue weighted by molar-refractivity contribution is -0.270. The van der Waals surface area contributed by atoms with E-state index >= 15 is 0 Å². The standard InChI is InChI=1S/C13H16F5NO/c14-12(15,13(16,17)18)11(20)19-10-8-2-6-1-7(4-8)5-9(10)3-6/h6-10H,1-5H2,(H,19,20). The topological polar surface area (TPSA) is 29.1 Å². The highest BCUT2D eigenvalue weighted by atomic mass is 19.4. The summed E-state index contributed by atoms with van der Waals surface area (Å²) < 4.78 is 62.6. The highest BCUT2D eigenvalue weighted by Gasteiger charge is 2.64. The van der Waals surface area contributed by atoms with E-state index in [1.54, 1.807) is 0 Å². The number of nitrogens with one attached hydrogen (secondary N) is 1. The Hall–Kier alpha value is -0.880. The number of alkyl halides is 5. The van der Waals surface area contributed by atoms with E-state index in [0.29, 0.717) is 11.8 Å². The minimum atomic E-state index is -5.83. The van der Waals surface area contributed by atoms with Crippen molar-refractivity contribution in [2.45, 2.75) is 50.2 Å². The summed E-state index contributed by atoms with van der Waals surface area (Å²) in [4.78, 5) is 11.3. The first-order valence-corrected chi connectivity index (χ1v) is 6.94. The van der Waals surface area contributed by atoms with Gasteiger partial charge in [0.05, 0.1) is 0 Å². The van der Waals surface area contributed by atoms with Crippen molar-refractivity contribution >= 4 is 5.91 Å². The van der Waals surface area contributed by atoms with Crippen LogP contribution in [0.1, 0.15) is 32.1 Å². The highest BCUT2D eigenvalue weighted by molar-refractivity contribution is 5.84. The third-order valence-corrected chi connectivity index (χ3v) is 5.17. The summed E-state index contributed by atoms with van der Waals surface area (Å²) in [6, 6.07) is -0.511. The van der Waals surface area contributed by atoms with Crippen molar-refractivity contribution in [3.8, 4) is 0 Å². The van der Waals surface area contributed by atoms with E-state index in [-0.39, 0.29) is 11.8 Å². The van der Waals surface area contributed by atoms with Crippen LogP contribution in [-0.2, 0) is 4.79 Å². The van der Waals surface area contributed by atoms with Crippen molar-refractivity contribution in [1.82, 2.24) is 5.32 Å². The van der Waals surface area contributed by atoms with Crippen LogP contribution in [0.15, 0.2) is 0 Å². The second-order valence-corrected chi connectivity index (χ2v) is 6.50. The van der Waals surface area contributed by atoms with Crippen LogP contribution in [0.25, 0.3) is 0 Å². The summed E-state index contributed by atoms with van der Waals surface area (Å²) in [5, 5.41) is 2.00. The summed E-state index contributed by atoms with van der Waals surface area (Å²) in [7, 11) is 0. The Labute approximate surface area is 113 Å². The number of amides is 1. The van der Waals surface area contributed by atoms with Gasteiger partial charge in [0.15, 0.2) is 0 Å². The van der Waals surface area contributed by atoms with E-state index in [2.05, 4.69) is 0 Å². The molecule has 0 aromatic heterocycles. The second-order valence-electron chi connectivity index (χ2n) is 6.50. The van der Waals surface area contributed by atoms with Gasteiger partial charge in [0.25, 0.3) is 0 Å². The fraction of sp³-hybridized carbons (Fsp3) is 0.923. The van der Waals surface area contributed by atoms with Crippen molar-refractivity contribution in [1.29, 1.82) is 0 Å². The smallest absolute Gasteiger partial charge is 0.347 e. The van der Waals surface area contributed by atoms with Gasteiger partial charge < -0.3 is 5.32 Å². The zero-order valence-electron chi connectivity index (χ0n) is 10.7. The van der Waals surface area contributed by atoms with Gasteiger partial charge in [-0.05, 0) is 55.8 Å². The molecule has 0 atom stereocenters. The summed E-state index contributed by atoms with van der Waals surface area (Å²) >= 11 is 0. The van der Waals surface area contributed by atoms with Gasteiger partial charge in [-0.2, -0.15) is 22.0 Å². The lowest BCUT2D eigenvalue weighted by atomic mass is 9.54. The van der Waals surface area contributed by atoms with Crippen LogP contribution in [0.4, 0.5) is 22.0 Å². The van der Waals surface area contributed by atoms with E-state index in [1.807, 2.05) is 5.32 Å². The molecule has 4 saturated carbocycles. The molecule has 1 amide bonds. The molecule has 4 bridgehead atoms. The van der Waals surface area contributed by atoms with E-state index in [0.717, 1.165) is 32.1 Å². The molecule has 0 aliphatic heterocycles. The molecule has 2 nitrogen and oxygen atoms in total. The zero-order chi connectivity index (χ0) is 14.7. The predicted molar refractivity (Wildman–Crippen MR) is 60.0 cm³/mol. The van der Waals surface area contributed by atoms with Crippen molar-refractivity contribution in [2.24, 2.45) is 23.7 Å². The van der Waals surface area contributed by atoms with Crippen molar-refractivity contribution < 1.29 is 26.7 Å². The number of hydrogen-bond donors (Lipinski definition) is 1. The zero-order valence-corrected chi connectivity index (χ0v) is 10.7. The van der Waals surface area contributed by atoms with Gasteiger partial charge in [-0.15, -0.1) is 0 Å². The maximum Gasteiger partial charge on any atom is 0.463 e. The van der Waals surface area contributed by atoms with Gasteiger partial charge in [0.2, 0.25) is 0 Å². The molecule has 4 fully saturated rings. The second kappa shape index (κ2) is 4.31. The monoisotopic (exact) mass is 297 g/mol. The quantitative estimate of drug-likeness (QED) is 0.780. The molecule has 0 unspecified atom stereocenters. The summed E-state index contributed by atoms with van der Waals surface area (Å²) in [5.41, 5.74) is 0. The Morgan fingerprint density at radius 1 is 0.850 bits per heavy atom. The number of carbonyl (C=O) groups is 1. The van der Waals surface area contributed by atoms with Gasteiger partial charge in [-0.1, -0.05) is 0 Å². The lowest BCUT2D eigenvalue weighted by Crippen LogP contribution is -2.60. The van der Waals surface area contributed by atoms with Gasteiger partial charge in [-0.3, -0.25) is 4.79 Å². The Morgan fingerprint density at radius 3 is 1.70 bits per heavy atom. The minimum absolute atomic E-state index is 0.0687. The van der Waals surface area contributed by atoms with Gasteiger partial charge in [-0.25, -0.2) is 0 Å². The molecular weight excluding hydrogens is 281 g/mol. The first kappa shape index (κ1) is 14.1. The van der Waals surface area contributed by atoms with Gasteiger partial charge >= 0.3 is 18.0 Å². The molecule has 0 heterocycles. The SMILES string of the molecule is O=C(NC1C2CC3CC(C2)CC1C3)C(F)(F)C(F)(F)F. The Kier molecular flexibility index (Phi) is 3.03. The molecule has 4 aliphatic carbocycles. The number of halogens is 5. The fourth-order valence-electron chi connectivity index (χ4n) is 4.53. The summed E-state index contributed by atoms with van der Waals surface area (Å²) in [6.45, 7) is 0. The fourth-order valence-corrected chi connectivity index (χ4v) is 4.53. The molecule has 4 rings (SSSR count). The van der Waals surface area contributed by atoms with Crippen LogP contribution in [0.5, 0.6) is 0 Å². The summed E-state index contributed by atoms with van der Waals surface area (Å²) in [5.74, 6) is -6.23. The number of rotatable bonds is 2. The molecule has 1 N–H and O–H groups in total. The van der Waals surface area contributed by atoms with Crippen LogP contribution in [0.3, 0.4) is 0 Å². The molecule has 4 aliphatic rings. The third kappa shape index (κ3) is 2.09. The predicted octanol–water partition coefficient (Wildman–Crippen LogP) is 3.12. The highest BCUT2D eigenvalue weighted by Crippen LogP contribution is 2.53. The molecule has 0 aromatic carbocycles. The Morgan fingerprint density at radius 2 is 1.30 bits per heavy atom. The maximum atomic E-state index is 13.0. The maximum absolute atomic E-state index is 13.0. The van der Waals surface area contributed by atoms with E-state index < -0.39 is 24.0 Å². The van der Waals surface area contributed by atoms with Crippen LogP contribution >= 0.6 is 0 Å². The average molecular weight is 297 g/mol. The largest absolute Gasteiger partial charge is 0.463 e. The number of carbonyl (C=O) groups excluding carboxylic acids is 1. The first-order chi connectivity index (χ1) is 9.18. The molecular formula is C13H16F5NO. The van der Waals surface area contributed by atoms with Gasteiger partial charge in [0.1, 0.15) is 0 Å². The van der Waals surface area contributed by atoms with Crippen molar-refractivity contribution in [2.75, 3.05) is 0 Å². The molecule has 20 heavy (non-hydrogen) atoms. The van der Waals surface area contributed by atoms with Crippen LogP contribution in [0, 0.1) is 23.7 Å². The Bertz CT molecular complexity index is 391. The molecule has 0 aromatic rings. The minimum Gasteiger partial charge on any atom is -0.347 e. The Balaban J connectivity index is 1.71. The van der Waals surface area contributed by atoms with Crippen LogP contribution in [0.2, 0.25) is 0 Å². The lowest BCUT2D eigenvalue weighted by Gasteiger charge is -2.54. The van der Waals surface area contributed by atoms with Crippen molar-refractivity contribution in [3.05, 3.63) is 0 Å². The first-order valence-electron chi connectivity index (χ1n) is 6.94. The normalized spacial score (nSPS) is 40.0.